The highest BCUT2D eigenvalue weighted by Crippen LogP contribution is 2.36. The molecule has 0 aliphatic heterocycles. The molecule has 2 aromatic rings. The highest BCUT2D eigenvalue weighted by Gasteiger charge is 2.21. The molecule has 7 heteroatoms. The molecule has 0 atom stereocenters. The molecule has 2 amide bonds. The van der Waals surface area contributed by atoms with Crippen LogP contribution in [0.15, 0.2) is 24.3 Å². The molecule has 6 nitrogen and oxygen atoms in total. The summed E-state index contributed by atoms with van der Waals surface area (Å²) in [7, 11) is 1.57. The lowest BCUT2D eigenvalue weighted by Gasteiger charge is -2.11. The second-order valence-corrected chi connectivity index (χ2v) is 7.51. The van der Waals surface area contributed by atoms with Crippen molar-refractivity contribution in [2.24, 2.45) is 0 Å². The van der Waals surface area contributed by atoms with Crippen LogP contribution in [-0.2, 0) is 17.6 Å². The molecule has 0 spiro atoms. The monoisotopic (exact) mass is 382 g/mol. The summed E-state index contributed by atoms with van der Waals surface area (Å²) in [5.41, 5.74) is 2.78. The molecule has 1 aromatic carbocycles. The lowest BCUT2D eigenvalue weighted by Crippen LogP contribution is -2.24. The molecule has 0 saturated carbocycles. The molecule has 140 valence electrons. The Hall–Kier alpha value is -2.85. The van der Waals surface area contributed by atoms with Crippen molar-refractivity contribution < 1.29 is 9.59 Å². The Labute approximate surface area is 162 Å². The van der Waals surface area contributed by atoms with Gasteiger partial charge in [0.15, 0.2) is 0 Å². The van der Waals surface area contributed by atoms with Crippen LogP contribution in [0.5, 0.6) is 0 Å². The molecular weight excluding hydrogens is 360 g/mol. The Morgan fingerprint density at radius 3 is 2.74 bits per heavy atom. The van der Waals surface area contributed by atoms with E-state index in [-0.39, 0.29) is 18.4 Å². The number of nitrogens with zero attached hydrogens (tertiary/aromatic N) is 1. The van der Waals surface area contributed by atoms with Crippen LogP contribution in [-0.4, -0.2) is 25.4 Å². The molecule has 3 rings (SSSR count). The molecule has 0 bridgehead atoms. The summed E-state index contributed by atoms with van der Waals surface area (Å²) < 4.78 is 0. The van der Waals surface area contributed by atoms with E-state index in [4.69, 9.17) is 0 Å². The minimum Gasteiger partial charge on any atom is -0.376 e. The van der Waals surface area contributed by atoms with Crippen molar-refractivity contribution in [1.29, 1.82) is 5.26 Å². The average Bonchev–Trinajstić information content (AvgIpc) is 2.85. The van der Waals surface area contributed by atoms with Crippen molar-refractivity contribution in [3.8, 4) is 6.07 Å². The van der Waals surface area contributed by atoms with Gasteiger partial charge in [0.2, 0.25) is 5.91 Å². The van der Waals surface area contributed by atoms with Gasteiger partial charge < -0.3 is 16.0 Å². The van der Waals surface area contributed by atoms with Crippen LogP contribution in [0.2, 0.25) is 0 Å². The first-order valence-corrected chi connectivity index (χ1v) is 9.85. The number of nitriles is 1. The Kier molecular flexibility index (Phi) is 6.09. The predicted octanol–water partition coefficient (Wildman–Crippen LogP) is 3.30. The maximum Gasteiger partial charge on any atom is 0.253 e. The summed E-state index contributed by atoms with van der Waals surface area (Å²) in [6, 6.07) is 9.29. The van der Waals surface area contributed by atoms with Gasteiger partial charge in [0.25, 0.3) is 5.91 Å². The number of amides is 2. The number of nitrogens with one attached hydrogen (secondary N) is 3. The van der Waals surface area contributed by atoms with E-state index in [1.165, 1.54) is 22.6 Å². The zero-order valence-corrected chi connectivity index (χ0v) is 16.0. The summed E-state index contributed by atoms with van der Waals surface area (Å²) in [5.74, 6) is -0.457. The predicted molar refractivity (Wildman–Crippen MR) is 107 cm³/mol. The van der Waals surface area contributed by atoms with Gasteiger partial charge in [-0.05, 0) is 43.4 Å². The van der Waals surface area contributed by atoms with Crippen molar-refractivity contribution in [3.63, 3.8) is 0 Å². The van der Waals surface area contributed by atoms with Crippen molar-refractivity contribution in [2.45, 2.75) is 32.1 Å². The maximum absolute atomic E-state index is 12.4. The van der Waals surface area contributed by atoms with Crippen molar-refractivity contribution >= 4 is 33.8 Å². The fourth-order valence-corrected chi connectivity index (χ4v) is 4.52. The van der Waals surface area contributed by atoms with Crippen LogP contribution in [0.1, 0.15) is 45.6 Å². The minimum atomic E-state index is -0.241. The molecule has 0 fully saturated rings. The topological polar surface area (TPSA) is 94.0 Å². The number of carbonyl (C=O) groups excluding carboxylic acids is 2. The molecule has 1 aromatic heterocycles. The third kappa shape index (κ3) is 4.29. The number of para-hydroxylation sites is 1. The Morgan fingerprint density at radius 2 is 1.96 bits per heavy atom. The minimum absolute atomic E-state index is 0.0153. The highest BCUT2D eigenvalue weighted by atomic mass is 32.1. The van der Waals surface area contributed by atoms with Crippen LogP contribution >= 0.6 is 11.3 Å². The Bertz CT molecular complexity index is 898. The maximum atomic E-state index is 12.4. The number of rotatable bonds is 5. The van der Waals surface area contributed by atoms with Crippen LogP contribution in [0.25, 0.3) is 0 Å². The van der Waals surface area contributed by atoms with Crippen molar-refractivity contribution in [1.82, 2.24) is 5.32 Å². The van der Waals surface area contributed by atoms with Gasteiger partial charge in [-0.3, -0.25) is 9.59 Å². The number of fused-ring (bicyclic) bond motifs is 1. The highest BCUT2D eigenvalue weighted by molar-refractivity contribution is 7.16. The van der Waals surface area contributed by atoms with Crippen molar-refractivity contribution in [3.05, 3.63) is 45.8 Å². The third-order valence-electron chi connectivity index (χ3n) is 4.62. The fourth-order valence-electron chi connectivity index (χ4n) is 3.27. The standard InChI is InChI=1S/C20H22N4O2S/c1-22-19(26)14-8-5-6-9-16(14)23-12-18(25)24-20-15(11-21)13-7-3-2-4-10-17(13)27-20/h5-6,8-9,23H,2-4,7,10,12H2,1H3,(H,22,26)(H,24,25). The van der Waals surface area contributed by atoms with Gasteiger partial charge in [-0.1, -0.05) is 18.6 Å². The first-order valence-electron chi connectivity index (χ1n) is 9.03. The first kappa shape index (κ1) is 18.9. The smallest absolute Gasteiger partial charge is 0.253 e. The molecule has 3 N–H and O–H groups in total. The number of hydrogen-bond acceptors (Lipinski definition) is 5. The molecule has 1 heterocycles. The third-order valence-corrected chi connectivity index (χ3v) is 5.83. The van der Waals surface area contributed by atoms with Crippen LogP contribution in [0, 0.1) is 11.3 Å². The number of hydrogen-bond donors (Lipinski definition) is 3. The Balaban J connectivity index is 1.69. The zero-order valence-electron chi connectivity index (χ0n) is 15.2. The van der Waals surface area contributed by atoms with Gasteiger partial charge in [-0.25, -0.2) is 0 Å². The second-order valence-electron chi connectivity index (χ2n) is 6.41. The number of benzene rings is 1. The van der Waals surface area contributed by atoms with E-state index in [9.17, 15) is 14.9 Å². The van der Waals surface area contributed by atoms with E-state index in [0.29, 0.717) is 21.8 Å². The fraction of sp³-hybridized carbons (Fsp3) is 0.350. The summed E-state index contributed by atoms with van der Waals surface area (Å²) >= 11 is 1.52. The molecule has 27 heavy (non-hydrogen) atoms. The van der Waals surface area contributed by atoms with E-state index in [1.807, 2.05) is 0 Å². The van der Waals surface area contributed by atoms with Gasteiger partial charge in [0.05, 0.1) is 17.7 Å². The van der Waals surface area contributed by atoms with E-state index in [0.717, 1.165) is 31.2 Å². The van der Waals surface area contributed by atoms with Gasteiger partial charge >= 0.3 is 0 Å². The van der Waals surface area contributed by atoms with Crippen LogP contribution < -0.4 is 16.0 Å². The van der Waals surface area contributed by atoms with Gasteiger partial charge in [-0.15, -0.1) is 11.3 Å². The van der Waals surface area contributed by atoms with Gasteiger partial charge in [0.1, 0.15) is 11.1 Å². The van der Waals surface area contributed by atoms with Gasteiger partial charge in [0, 0.05) is 17.6 Å². The molecule has 1 aliphatic rings. The normalized spacial score (nSPS) is 13.0. The van der Waals surface area contributed by atoms with Crippen LogP contribution in [0.3, 0.4) is 0 Å². The molecule has 0 saturated heterocycles. The SMILES string of the molecule is CNC(=O)c1ccccc1NCC(=O)Nc1sc2c(c1C#N)CCCCC2. The van der Waals surface area contributed by atoms with E-state index in [1.54, 1.807) is 31.3 Å². The lowest BCUT2D eigenvalue weighted by atomic mass is 10.1. The van der Waals surface area contributed by atoms with E-state index >= 15 is 0 Å². The number of aryl methyl sites for hydroxylation is 1. The quantitative estimate of drug-likeness (QED) is 0.692. The summed E-state index contributed by atoms with van der Waals surface area (Å²) in [4.78, 5) is 25.5. The number of carbonyl (C=O) groups is 2. The first-order chi connectivity index (χ1) is 13.1. The summed E-state index contributed by atoms with van der Waals surface area (Å²) in [5, 5.41) is 18.6. The second kappa shape index (κ2) is 8.69. The number of thiophene rings is 1. The summed E-state index contributed by atoms with van der Waals surface area (Å²) in [6.45, 7) is 0.0153. The largest absolute Gasteiger partial charge is 0.376 e. The summed E-state index contributed by atoms with van der Waals surface area (Å²) in [6.07, 6.45) is 5.28. The molecular formula is C20H22N4O2S. The van der Waals surface area contributed by atoms with Crippen LogP contribution in [0.4, 0.5) is 10.7 Å². The Morgan fingerprint density at radius 1 is 1.19 bits per heavy atom. The molecule has 0 radical (unpaired) electrons. The number of anilines is 2. The molecule has 1 aliphatic carbocycles. The van der Waals surface area contributed by atoms with Gasteiger partial charge in [-0.2, -0.15) is 5.26 Å². The lowest BCUT2D eigenvalue weighted by molar-refractivity contribution is -0.114. The zero-order chi connectivity index (χ0) is 19.2. The van der Waals surface area contributed by atoms with E-state index < -0.39 is 0 Å². The van der Waals surface area contributed by atoms with E-state index in [2.05, 4.69) is 22.0 Å². The average molecular weight is 382 g/mol. The molecule has 0 unspecified atom stereocenters. The van der Waals surface area contributed by atoms with Crippen molar-refractivity contribution in [2.75, 3.05) is 24.2 Å².